The molecule has 0 aliphatic carbocycles. The molecule has 1 unspecified atom stereocenters. The Morgan fingerprint density at radius 2 is 1.94 bits per heavy atom. The van der Waals surface area contributed by atoms with E-state index in [0.29, 0.717) is 0 Å². The minimum Gasteiger partial charge on any atom is -0.466 e. The lowest BCUT2D eigenvalue weighted by Gasteiger charge is -2.15. The molecule has 1 rings (SSSR count). The number of allylic oxidation sites excluding steroid dienone is 1. The highest BCUT2D eigenvalue weighted by atomic mass is 16.7. The summed E-state index contributed by atoms with van der Waals surface area (Å²) in [5.74, 6) is -3.13. The van der Waals surface area contributed by atoms with Crippen molar-refractivity contribution in [3.05, 3.63) is 12.2 Å². The molecular formula is C11H14O6. The van der Waals surface area contributed by atoms with Crippen molar-refractivity contribution in [2.45, 2.75) is 25.7 Å². The van der Waals surface area contributed by atoms with E-state index in [0.717, 1.165) is 12.2 Å². The van der Waals surface area contributed by atoms with E-state index in [4.69, 9.17) is 9.47 Å². The van der Waals surface area contributed by atoms with E-state index < -0.39 is 29.4 Å². The van der Waals surface area contributed by atoms with Gasteiger partial charge in [0.2, 0.25) is 11.6 Å². The Hall–Kier alpha value is -1.53. The first-order chi connectivity index (χ1) is 7.85. The molecule has 0 aromatic rings. The molecule has 1 fully saturated rings. The maximum absolute atomic E-state index is 11.6. The first kappa shape index (κ1) is 13.5. The van der Waals surface area contributed by atoms with Gasteiger partial charge in [-0.2, -0.15) is 0 Å². The number of Topliss-reactive ketones (excluding diaryl/α,β-unsaturated/α-hetero) is 1. The number of rotatable bonds is 4. The number of hydrogen-bond acceptors (Lipinski definition) is 6. The maximum Gasteiger partial charge on any atom is 0.330 e. The molecule has 1 aliphatic heterocycles. The van der Waals surface area contributed by atoms with Crippen molar-refractivity contribution in [2.24, 2.45) is 0 Å². The van der Waals surface area contributed by atoms with Crippen LogP contribution in [0, 0.1) is 0 Å². The van der Waals surface area contributed by atoms with Gasteiger partial charge in [0.05, 0.1) is 13.7 Å². The summed E-state index contributed by atoms with van der Waals surface area (Å²) in [5, 5.41) is 0. The molecule has 94 valence electrons. The van der Waals surface area contributed by atoms with Gasteiger partial charge in [-0.15, -0.1) is 0 Å². The Morgan fingerprint density at radius 1 is 1.29 bits per heavy atom. The number of ketones is 2. The van der Waals surface area contributed by atoms with Gasteiger partial charge in [0.25, 0.3) is 0 Å². The molecule has 0 bridgehead atoms. The van der Waals surface area contributed by atoms with Gasteiger partial charge in [0, 0.05) is 6.08 Å². The number of carbonyl (C=O) groups is 3. The van der Waals surface area contributed by atoms with Crippen LogP contribution in [0.2, 0.25) is 0 Å². The molecule has 0 amide bonds. The summed E-state index contributed by atoms with van der Waals surface area (Å²) >= 11 is 0. The van der Waals surface area contributed by atoms with Gasteiger partial charge in [-0.25, -0.2) is 4.79 Å². The SMILES string of the molecule is COC(=O)/C=C/C(=O)C(=O)C1COC(C)(C)O1. The van der Waals surface area contributed by atoms with Crippen LogP contribution < -0.4 is 0 Å². The number of carbonyl (C=O) groups excluding carboxylic acids is 3. The molecule has 0 radical (unpaired) electrons. The lowest BCUT2D eigenvalue weighted by Crippen LogP contribution is -2.31. The van der Waals surface area contributed by atoms with Crippen LogP contribution in [0.25, 0.3) is 0 Å². The van der Waals surface area contributed by atoms with Gasteiger partial charge in [-0.1, -0.05) is 0 Å². The van der Waals surface area contributed by atoms with Crippen LogP contribution in [-0.2, 0) is 28.6 Å². The number of ether oxygens (including phenoxy) is 3. The number of esters is 1. The van der Waals surface area contributed by atoms with Crippen LogP contribution in [-0.4, -0.2) is 43.1 Å². The first-order valence-corrected chi connectivity index (χ1v) is 5.01. The van der Waals surface area contributed by atoms with E-state index in [2.05, 4.69) is 4.74 Å². The topological polar surface area (TPSA) is 78.9 Å². The third kappa shape index (κ3) is 3.76. The molecule has 1 saturated heterocycles. The van der Waals surface area contributed by atoms with Crippen LogP contribution in [0.4, 0.5) is 0 Å². The molecule has 0 spiro atoms. The second kappa shape index (κ2) is 5.20. The van der Waals surface area contributed by atoms with Crippen molar-refractivity contribution in [3.8, 4) is 0 Å². The highest BCUT2D eigenvalue weighted by Gasteiger charge is 2.38. The van der Waals surface area contributed by atoms with Crippen LogP contribution in [0.1, 0.15) is 13.8 Å². The summed E-state index contributed by atoms with van der Waals surface area (Å²) in [6.45, 7) is 3.33. The van der Waals surface area contributed by atoms with E-state index in [1.165, 1.54) is 7.11 Å². The summed E-state index contributed by atoms with van der Waals surface area (Å²) in [5.41, 5.74) is 0. The van der Waals surface area contributed by atoms with E-state index >= 15 is 0 Å². The van der Waals surface area contributed by atoms with Crippen molar-refractivity contribution in [3.63, 3.8) is 0 Å². The smallest absolute Gasteiger partial charge is 0.330 e. The summed E-state index contributed by atoms with van der Waals surface area (Å²) < 4.78 is 14.7. The van der Waals surface area contributed by atoms with Crippen LogP contribution in [0.15, 0.2) is 12.2 Å². The second-order valence-electron chi connectivity index (χ2n) is 3.90. The Kier molecular flexibility index (Phi) is 4.14. The van der Waals surface area contributed by atoms with Crippen LogP contribution in [0.5, 0.6) is 0 Å². The van der Waals surface area contributed by atoms with Crippen molar-refractivity contribution in [2.75, 3.05) is 13.7 Å². The Balaban J connectivity index is 2.57. The molecule has 6 nitrogen and oxygen atoms in total. The van der Waals surface area contributed by atoms with Gasteiger partial charge in [-0.3, -0.25) is 9.59 Å². The Labute approximate surface area is 98.5 Å². The fraction of sp³-hybridized carbons (Fsp3) is 0.545. The van der Waals surface area contributed by atoms with Crippen LogP contribution in [0.3, 0.4) is 0 Å². The second-order valence-corrected chi connectivity index (χ2v) is 3.90. The van der Waals surface area contributed by atoms with Gasteiger partial charge in [-0.05, 0) is 19.9 Å². The molecule has 1 heterocycles. The molecule has 0 aromatic heterocycles. The standard InChI is InChI=1S/C11H14O6/c1-11(2)16-6-8(17-11)10(14)7(12)4-5-9(13)15-3/h4-5,8H,6H2,1-3H3/b5-4+. The zero-order chi connectivity index (χ0) is 13.1. The van der Waals surface area contributed by atoms with Crippen molar-refractivity contribution in [1.82, 2.24) is 0 Å². The quantitative estimate of drug-likeness (QED) is 0.392. The van der Waals surface area contributed by atoms with Gasteiger partial charge >= 0.3 is 5.97 Å². The lowest BCUT2D eigenvalue weighted by atomic mass is 10.1. The monoisotopic (exact) mass is 242 g/mol. The van der Waals surface area contributed by atoms with E-state index in [1.807, 2.05) is 0 Å². The largest absolute Gasteiger partial charge is 0.466 e. The maximum atomic E-state index is 11.6. The molecule has 0 saturated carbocycles. The van der Waals surface area contributed by atoms with Gasteiger partial charge in [0.1, 0.15) is 0 Å². The zero-order valence-corrected chi connectivity index (χ0v) is 9.89. The van der Waals surface area contributed by atoms with Gasteiger partial charge < -0.3 is 14.2 Å². The number of hydrogen-bond donors (Lipinski definition) is 0. The van der Waals surface area contributed by atoms with Crippen molar-refractivity contribution in [1.29, 1.82) is 0 Å². The summed E-state index contributed by atoms with van der Waals surface area (Å²) in [7, 11) is 1.18. The van der Waals surface area contributed by atoms with Crippen molar-refractivity contribution < 1.29 is 28.6 Å². The molecule has 0 aromatic carbocycles. The van der Waals surface area contributed by atoms with Crippen molar-refractivity contribution >= 4 is 17.5 Å². The lowest BCUT2D eigenvalue weighted by molar-refractivity contribution is -0.155. The fourth-order valence-electron chi connectivity index (χ4n) is 1.27. The molecule has 1 aliphatic rings. The third-order valence-corrected chi connectivity index (χ3v) is 2.12. The average Bonchev–Trinajstić information content (AvgIpc) is 2.64. The zero-order valence-electron chi connectivity index (χ0n) is 9.89. The molecule has 0 N–H and O–H groups in total. The highest BCUT2D eigenvalue weighted by molar-refractivity contribution is 6.43. The summed E-state index contributed by atoms with van der Waals surface area (Å²) in [4.78, 5) is 33.7. The predicted molar refractivity (Wildman–Crippen MR) is 56.1 cm³/mol. The molecular weight excluding hydrogens is 228 g/mol. The minimum absolute atomic E-state index is 0.0314. The van der Waals surface area contributed by atoms with E-state index in [1.54, 1.807) is 13.8 Å². The minimum atomic E-state index is -0.917. The summed E-state index contributed by atoms with van der Waals surface area (Å²) in [6, 6.07) is 0. The Morgan fingerprint density at radius 3 is 2.41 bits per heavy atom. The Bertz CT molecular complexity index is 368. The fourth-order valence-corrected chi connectivity index (χ4v) is 1.27. The normalized spacial score (nSPS) is 22.6. The number of methoxy groups -OCH3 is 1. The molecule has 17 heavy (non-hydrogen) atoms. The van der Waals surface area contributed by atoms with E-state index in [9.17, 15) is 14.4 Å². The summed E-state index contributed by atoms with van der Waals surface area (Å²) in [6.07, 6.45) is 0.837. The third-order valence-electron chi connectivity index (χ3n) is 2.12. The van der Waals surface area contributed by atoms with E-state index in [-0.39, 0.29) is 6.61 Å². The molecule has 6 heteroatoms. The first-order valence-electron chi connectivity index (χ1n) is 5.01. The van der Waals surface area contributed by atoms with Crippen LogP contribution >= 0.6 is 0 Å². The highest BCUT2D eigenvalue weighted by Crippen LogP contribution is 2.22. The average molecular weight is 242 g/mol. The predicted octanol–water partition coefficient (Wildman–Crippen LogP) is 0.00530. The van der Waals surface area contributed by atoms with Gasteiger partial charge in [0.15, 0.2) is 11.9 Å². The molecule has 1 atom stereocenters.